The van der Waals surface area contributed by atoms with Gasteiger partial charge in [0.25, 0.3) is 0 Å². The number of furan rings is 1. The second-order valence-corrected chi connectivity index (χ2v) is 14.5. The van der Waals surface area contributed by atoms with Gasteiger partial charge in [-0.15, -0.1) is 16.4 Å². The van der Waals surface area contributed by atoms with Crippen LogP contribution < -0.4 is 27.3 Å². The standard InChI is InChI=1S/C45H33B5N4O/c46-38-37(39(47)41(49)42(50)40(38)48)28-18-9-21-31-34(28)27-16-7-8-20-30(27)54(31)45-52-43(25-14-5-2-6-15-25)51-44(53-45)29-19-11-23-33-36(29)35-26(17-10-22-32(35)55-33)24-12-3-1-4-13-24/h1-23H,46-50H2. The first-order valence-corrected chi connectivity index (χ1v) is 18.8. The molecule has 3 heterocycles. The minimum absolute atomic E-state index is 0.560. The molecule has 0 aliphatic rings. The van der Waals surface area contributed by atoms with Crippen LogP contribution in [-0.4, -0.2) is 58.8 Å². The van der Waals surface area contributed by atoms with Crippen LogP contribution in [0.4, 0.5) is 0 Å². The zero-order valence-electron chi connectivity index (χ0n) is 31.5. The van der Waals surface area contributed by atoms with Gasteiger partial charge < -0.3 is 4.42 Å². The van der Waals surface area contributed by atoms with Gasteiger partial charge in [0.2, 0.25) is 5.95 Å². The van der Waals surface area contributed by atoms with Crippen LogP contribution in [0.25, 0.3) is 94.7 Å². The lowest BCUT2D eigenvalue weighted by Gasteiger charge is -2.21. The van der Waals surface area contributed by atoms with E-state index in [0.717, 1.165) is 60.6 Å². The highest BCUT2D eigenvalue weighted by Crippen LogP contribution is 2.42. The third kappa shape index (κ3) is 5.12. The van der Waals surface area contributed by atoms with Crippen LogP contribution in [0.15, 0.2) is 144 Å². The predicted molar refractivity (Wildman–Crippen MR) is 244 cm³/mol. The molecule has 0 aliphatic carbocycles. The summed E-state index contributed by atoms with van der Waals surface area (Å²) in [5.41, 5.74) is 16.9. The summed E-state index contributed by atoms with van der Waals surface area (Å²) >= 11 is 0. The molecule has 3 aromatic heterocycles. The molecule has 0 radical (unpaired) electrons. The Balaban J connectivity index is 1.29. The van der Waals surface area contributed by atoms with Gasteiger partial charge in [-0.05, 0) is 46.5 Å². The SMILES string of the molecule is Bc1c(B)c(B)c(-c2cccc3c2c2ccccc2n3-c2nc(-c3ccccc3)nc(-c3cccc4oc5cccc(-c6ccccc6)c5c34)n2)c(B)c1B. The van der Waals surface area contributed by atoms with E-state index in [4.69, 9.17) is 19.4 Å². The molecule has 0 aliphatic heterocycles. The quantitative estimate of drug-likeness (QED) is 0.260. The van der Waals surface area contributed by atoms with Gasteiger partial charge in [0.15, 0.2) is 11.6 Å². The third-order valence-electron chi connectivity index (χ3n) is 11.7. The summed E-state index contributed by atoms with van der Waals surface area (Å²) < 4.78 is 8.75. The predicted octanol–water partition coefficient (Wildman–Crippen LogP) is 2.83. The van der Waals surface area contributed by atoms with Crippen LogP contribution in [-0.2, 0) is 0 Å². The molecular formula is C45H33B5N4O. The van der Waals surface area contributed by atoms with Crippen molar-refractivity contribution < 1.29 is 4.42 Å². The van der Waals surface area contributed by atoms with Crippen LogP contribution in [0.2, 0.25) is 0 Å². The van der Waals surface area contributed by atoms with Gasteiger partial charge in [0, 0.05) is 32.7 Å². The van der Waals surface area contributed by atoms with E-state index in [2.05, 4.69) is 141 Å². The van der Waals surface area contributed by atoms with Gasteiger partial charge in [-0.1, -0.05) is 126 Å². The Morgan fingerprint density at radius 3 is 1.64 bits per heavy atom. The molecule has 0 N–H and O–H groups in total. The summed E-state index contributed by atoms with van der Waals surface area (Å²) in [7, 11) is 11.2. The smallest absolute Gasteiger partial charge is 0.238 e. The van der Waals surface area contributed by atoms with Gasteiger partial charge in [0.1, 0.15) is 50.4 Å². The average Bonchev–Trinajstić information content (AvgIpc) is 3.79. The van der Waals surface area contributed by atoms with E-state index in [1.54, 1.807) is 0 Å². The summed E-state index contributed by atoms with van der Waals surface area (Å²) in [6, 6.07) is 48.3. The fourth-order valence-corrected chi connectivity index (χ4v) is 8.56. The molecule has 0 fully saturated rings. The number of fused-ring (bicyclic) bond motifs is 6. The fraction of sp³-hybridized carbons (Fsp3) is 0. The average molecular weight is 700 g/mol. The number of nitrogens with zero attached hydrogens (tertiary/aromatic N) is 4. The van der Waals surface area contributed by atoms with E-state index in [9.17, 15) is 0 Å². The van der Waals surface area contributed by atoms with E-state index in [-0.39, 0.29) is 0 Å². The lowest BCUT2D eigenvalue weighted by molar-refractivity contribution is 0.669. The lowest BCUT2D eigenvalue weighted by atomic mass is 9.59. The molecule has 55 heavy (non-hydrogen) atoms. The van der Waals surface area contributed by atoms with Gasteiger partial charge in [-0.2, -0.15) is 9.97 Å². The Kier molecular flexibility index (Phi) is 7.70. The molecule has 0 unspecified atom stereocenters. The van der Waals surface area contributed by atoms with Crippen molar-refractivity contribution in [3.05, 3.63) is 140 Å². The van der Waals surface area contributed by atoms with Crippen molar-refractivity contribution in [1.29, 1.82) is 0 Å². The highest BCUT2D eigenvalue weighted by atomic mass is 16.3. The monoisotopic (exact) mass is 700 g/mol. The van der Waals surface area contributed by atoms with Gasteiger partial charge in [0.05, 0.1) is 11.0 Å². The first kappa shape index (κ1) is 33.1. The Labute approximate surface area is 323 Å². The maximum Gasteiger partial charge on any atom is 0.238 e. The molecule has 0 amide bonds. The van der Waals surface area contributed by atoms with Crippen molar-refractivity contribution in [3.8, 4) is 51.0 Å². The largest absolute Gasteiger partial charge is 0.456 e. The number of para-hydroxylation sites is 1. The summed E-state index contributed by atoms with van der Waals surface area (Å²) in [4.78, 5) is 15.9. The molecule has 0 bridgehead atoms. The summed E-state index contributed by atoms with van der Waals surface area (Å²) in [6.07, 6.45) is 0. The topological polar surface area (TPSA) is 56.7 Å². The van der Waals surface area contributed by atoms with E-state index in [0.29, 0.717) is 17.6 Å². The second-order valence-electron chi connectivity index (χ2n) is 14.5. The number of hydrogen-bond acceptors (Lipinski definition) is 4. The molecule has 10 heteroatoms. The molecule has 5 nitrogen and oxygen atoms in total. The molecule has 10 aromatic rings. The number of aromatic nitrogens is 4. The zero-order valence-corrected chi connectivity index (χ0v) is 31.5. The van der Waals surface area contributed by atoms with E-state index >= 15 is 0 Å². The number of rotatable bonds is 5. The molecular weight excluding hydrogens is 667 g/mol. The third-order valence-corrected chi connectivity index (χ3v) is 11.7. The van der Waals surface area contributed by atoms with Crippen molar-refractivity contribution in [2.24, 2.45) is 0 Å². The van der Waals surface area contributed by atoms with Crippen LogP contribution in [0, 0.1) is 0 Å². The van der Waals surface area contributed by atoms with Crippen molar-refractivity contribution in [1.82, 2.24) is 19.5 Å². The molecule has 254 valence electrons. The molecule has 0 saturated carbocycles. The molecule has 0 spiro atoms. The maximum absolute atomic E-state index is 6.53. The first-order valence-electron chi connectivity index (χ1n) is 18.8. The van der Waals surface area contributed by atoms with Crippen molar-refractivity contribution in [3.63, 3.8) is 0 Å². The summed E-state index contributed by atoms with van der Waals surface area (Å²) in [5.74, 6) is 1.75. The van der Waals surface area contributed by atoms with Crippen molar-refractivity contribution in [2.45, 2.75) is 0 Å². The Bertz CT molecular complexity index is 3130. The van der Waals surface area contributed by atoms with E-state index in [1.807, 2.05) is 42.5 Å². The Morgan fingerprint density at radius 1 is 0.400 bits per heavy atom. The van der Waals surface area contributed by atoms with E-state index in [1.165, 1.54) is 43.8 Å². The van der Waals surface area contributed by atoms with Gasteiger partial charge in [-0.3, -0.25) is 4.57 Å². The molecule has 0 saturated heterocycles. The summed E-state index contributed by atoms with van der Waals surface area (Å²) in [6.45, 7) is 0. The zero-order chi connectivity index (χ0) is 37.4. The number of hydrogen-bond donors (Lipinski definition) is 0. The highest BCUT2D eigenvalue weighted by Gasteiger charge is 2.24. The Hall–Kier alpha value is -6.53. The minimum atomic E-state index is 0.560. The normalized spacial score (nSPS) is 11.6. The van der Waals surface area contributed by atoms with Gasteiger partial charge >= 0.3 is 0 Å². The van der Waals surface area contributed by atoms with Crippen molar-refractivity contribution in [2.75, 3.05) is 0 Å². The molecule has 10 rings (SSSR count). The number of benzene rings is 7. The van der Waals surface area contributed by atoms with Crippen LogP contribution in [0.5, 0.6) is 0 Å². The van der Waals surface area contributed by atoms with Crippen molar-refractivity contribution >= 4 is 110 Å². The van der Waals surface area contributed by atoms with Crippen LogP contribution >= 0.6 is 0 Å². The first-order chi connectivity index (χ1) is 26.9. The Morgan fingerprint density at radius 2 is 0.927 bits per heavy atom. The lowest BCUT2D eigenvalue weighted by Crippen LogP contribution is -2.55. The van der Waals surface area contributed by atoms with Crippen LogP contribution in [0.3, 0.4) is 0 Å². The molecule has 0 atom stereocenters. The minimum Gasteiger partial charge on any atom is -0.456 e. The maximum atomic E-state index is 6.53. The van der Waals surface area contributed by atoms with Gasteiger partial charge in [-0.25, -0.2) is 4.98 Å². The molecule has 7 aromatic carbocycles. The van der Waals surface area contributed by atoms with E-state index < -0.39 is 0 Å². The fourth-order valence-electron chi connectivity index (χ4n) is 8.56. The second kappa shape index (κ2) is 12.8. The summed E-state index contributed by atoms with van der Waals surface area (Å²) in [5, 5.41) is 4.36. The highest BCUT2D eigenvalue weighted by molar-refractivity contribution is 6.69. The van der Waals surface area contributed by atoms with Crippen LogP contribution in [0.1, 0.15) is 0 Å².